The molecule has 3 N–H and O–H groups in total. The molecule has 0 radical (unpaired) electrons. The largest absolute Gasteiger partial charge is 0.379 e. The Morgan fingerprint density at radius 2 is 1.80 bits per heavy atom. The van der Waals surface area contributed by atoms with Crippen LogP contribution in [0, 0.1) is 0 Å². The molecule has 2 rings (SSSR count). The van der Waals surface area contributed by atoms with Gasteiger partial charge in [0.05, 0.1) is 13.2 Å². The number of amides is 3. The molecule has 1 heterocycles. The minimum atomic E-state index is -0.195. The van der Waals surface area contributed by atoms with E-state index in [2.05, 4.69) is 20.9 Å². The van der Waals surface area contributed by atoms with Crippen molar-refractivity contribution in [2.75, 3.05) is 39.4 Å². The summed E-state index contributed by atoms with van der Waals surface area (Å²) in [6.45, 7) is 9.07. The molecule has 1 fully saturated rings. The zero-order valence-electron chi connectivity index (χ0n) is 15.0. The topological polar surface area (TPSA) is 82.7 Å². The lowest BCUT2D eigenvalue weighted by atomic mass is 10.1. The van der Waals surface area contributed by atoms with Gasteiger partial charge in [-0.2, -0.15) is 0 Å². The zero-order chi connectivity index (χ0) is 18.1. The fourth-order valence-electron chi connectivity index (χ4n) is 2.52. The minimum absolute atomic E-state index is 0.0784. The smallest absolute Gasteiger partial charge is 0.315 e. The van der Waals surface area contributed by atoms with Crippen LogP contribution in [0.5, 0.6) is 0 Å². The molecule has 0 unspecified atom stereocenters. The van der Waals surface area contributed by atoms with Crippen molar-refractivity contribution in [3.63, 3.8) is 0 Å². The molecule has 0 bridgehead atoms. The number of morpholine rings is 1. The number of hydrogen-bond acceptors (Lipinski definition) is 4. The normalized spacial score (nSPS) is 15.0. The molecule has 0 saturated carbocycles. The second-order valence-corrected chi connectivity index (χ2v) is 6.39. The molecule has 25 heavy (non-hydrogen) atoms. The summed E-state index contributed by atoms with van der Waals surface area (Å²) in [6.07, 6.45) is 0. The Morgan fingerprint density at radius 1 is 1.12 bits per heavy atom. The van der Waals surface area contributed by atoms with Crippen LogP contribution in [0.1, 0.15) is 29.8 Å². The van der Waals surface area contributed by atoms with Gasteiger partial charge in [0.1, 0.15) is 0 Å². The molecule has 0 atom stereocenters. The van der Waals surface area contributed by atoms with Gasteiger partial charge in [-0.1, -0.05) is 12.1 Å². The van der Waals surface area contributed by atoms with Crippen LogP contribution < -0.4 is 16.0 Å². The predicted octanol–water partition coefficient (Wildman–Crippen LogP) is 0.956. The highest BCUT2D eigenvalue weighted by molar-refractivity contribution is 5.94. The van der Waals surface area contributed by atoms with Gasteiger partial charge in [0.25, 0.3) is 5.91 Å². The van der Waals surface area contributed by atoms with E-state index in [9.17, 15) is 9.59 Å². The van der Waals surface area contributed by atoms with Crippen LogP contribution in [0.3, 0.4) is 0 Å². The van der Waals surface area contributed by atoms with Gasteiger partial charge in [0, 0.05) is 44.3 Å². The summed E-state index contributed by atoms with van der Waals surface area (Å²) < 4.78 is 5.30. The maximum absolute atomic E-state index is 12.2. The first-order valence-electron chi connectivity index (χ1n) is 8.76. The molecule has 0 spiro atoms. The van der Waals surface area contributed by atoms with E-state index in [1.165, 1.54) is 0 Å². The summed E-state index contributed by atoms with van der Waals surface area (Å²) in [4.78, 5) is 26.0. The SMILES string of the molecule is CC(C)NC(=O)NCc1ccc(C(=O)NCCN2CCOCC2)cc1. The number of benzene rings is 1. The van der Waals surface area contributed by atoms with Gasteiger partial charge in [-0.3, -0.25) is 9.69 Å². The van der Waals surface area contributed by atoms with Gasteiger partial charge < -0.3 is 20.7 Å². The Bertz CT molecular complexity index is 554. The van der Waals surface area contributed by atoms with Gasteiger partial charge in [0.15, 0.2) is 0 Å². The molecular formula is C18H28N4O3. The average molecular weight is 348 g/mol. The van der Waals surface area contributed by atoms with Crippen LogP contribution in [0.25, 0.3) is 0 Å². The van der Waals surface area contributed by atoms with Crippen LogP contribution in [0.2, 0.25) is 0 Å². The van der Waals surface area contributed by atoms with E-state index in [-0.39, 0.29) is 18.0 Å². The maximum Gasteiger partial charge on any atom is 0.315 e. The van der Waals surface area contributed by atoms with Crippen molar-refractivity contribution >= 4 is 11.9 Å². The number of urea groups is 1. The highest BCUT2D eigenvalue weighted by Gasteiger charge is 2.11. The van der Waals surface area contributed by atoms with Crippen molar-refractivity contribution in [2.45, 2.75) is 26.4 Å². The number of carbonyl (C=O) groups is 2. The summed E-state index contributed by atoms with van der Waals surface area (Å²) in [6, 6.07) is 7.17. The third-order valence-electron chi connectivity index (χ3n) is 3.91. The highest BCUT2D eigenvalue weighted by Crippen LogP contribution is 2.04. The Kier molecular flexibility index (Phi) is 7.69. The monoisotopic (exact) mass is 348 g/mol. The third-order valence-corrected chi connectivity index (χ3v) is 3.91. The third kappa shape index (κ3) is 7.11. The van der Waals surface area contributed by atoms with E-state index in [1.54, 1.807) is 12.1 Å². The Balaban J connectivity index is 1.71. The Labute approximate surface area is 149 Å². The molecule has 7 heteroatoms. The summed E-state index contributed by atoms with van der Waals surface area (Å²) in [5, 5.41) is 8.49. The quantitative estimate of drug-likeness (QED) is 0.685. The Hall–Kier alpha value is -2.12. The van der Waals surface area contributed by atoms with Crippen LogP contribution in [-0.4, -0.2) is 62.3 Å². The number of carbonyl (C=O) groups excluding carboxylic acids is 2. The molecule has 7 nitrogen and oxygen atoms in total. The number of ether oxygens (including phenoxy) is 1. The predicted molar refractivity (Wildman–Crippen MR) is 96.5 cm³/mol. The highest BCUT2D eigenvalue weighted by atomic mass is 16.5. The van der Waals surface area contributed by atoms with Gasteiger partial charge >= 0.3 is 6.03 Å². The fraction of sp³-hybridized carbons (Fsp3) is 0.556. The van der Waals surface area contributed by atoms with Crippen molar-refractivity contribution in [3.05, 3.63) is 35.4 Å². The molecule has 1 aromatic carbocycles. The molecule has 1 aliphatic heterocycles. The minimum Gasteiger partial charge on any atom is -0.379 e. The van der Waals surface area contributed by atoms with Crippen molar-refractivity contribution in [1.82, 2.24) is 20.9 Å². The lowest BCUT2D eigenvalue weighted by molar-refractivity contribution is 0.0383. The molecule has 138 valence electrons. The second-order valence-electron chi connectivity index (χ2n) is 6.39. The molecule has 1 aromatic rings. The number of nitrogens with zero attached hydrogens (tertiary/aromatic N) is 1. The summed E-state index contributed by atoms with van der Waals surface area (Å²) in [5.41, 5.74) is 1.57. The fourth-order valence-corrected chi connectivity index (χ4v) is 2.52. The van der Waals surface area contributed by atoms with Gasteiger partial charge in [-0.05, 0) is 31.5 Å². The first kappa shape index (κ1) is 19.2. The van der Waals surface area contributed by atoms with Gasteiger partial charge in [-0.25, -0.2) is 4.79 Å². The van der Waals surface area contributed by atoms with Gasteiger partial charge in [0.2, 0.25) is 0 Å². The molecule has 1 aliphatic rings. The van der Waals surface area contributed by atoms with E-state index < -0.39 is 0 Å². The van der Waals surface area contributed by atoms with E-state index in [4.69, 9.17) is 4.74 Å². The maximum atomic E-state index is 12.2. The van der Waals surface area contributed by atoms with Crippen molar-refractivity contribution in [1.29, 1.82) is 0 Å². The van der Waals surface area contributed by atoms with Crippen molar-refractivity contribution in [2.24, 2.45) is 0 Å². The Morgan fingerprint density at radius 3 is 2.44 bits per heavy atom. The molecule has 0 aliphatic carbocycles. The van der Waals surface area contributed by atoms with Crippen molar-refractivity contribution < 1.29 is 14.3 Å². The lowest BCUT2D eigenvalue weighted by Crippen LogP contribution is -2.41. The first-order valence-corrected chi connectivity index (χ1v) is 8.76. The molecule has 0 aromatic heterocycles. The number of rotatable bonds is 7. The van der Waals surface area contributed by atoms with E-state index in [1.807, 2.05) is 26.0 Å². The second kappa shape index (κ2) is 10.0. The summed E-state index contributed by atoms with van der Waals surface area (Å²) >= 11 is 0. The van der Waals surface area contributed by atoms with E-state index >= 15 is 0 Å². The van der Waals surface area contributed by atoms with Crippen LogP contribution in [0.15, 0.2) is 24.3 Å². The van der Waals surface area contributed by atoms with Gasteiger partial charge in [-0.15, -0.1) is 0 Å². The lowest BCUT2D eigenvalue weighted by Gasteiger charge is -2.26. The molecule has 3 amide bonds. The zero-order valence-corrected chi connectivity index (χ0v) is 15.0. The summed E-state index contributed by atoms with van der Waals surface area (Å²) in [5.74, 6) is -0.0784. The van der Waals surface area contributed by atoms with Crippen LogP contribution in [-0.2, 0) is 11.3 Å². The number of hydrogen-bond donors (Lipinski definition) is 3. The van der Waals surface area contributed by atoms with Crippen LogP contribution >= 0.6 is 0 Å². The number of nitrogens with one attached hydrogen (secondary N) is 3. The van der Waals surface area contributed by atoms with E-state index in [0.29, 0.717) is 18.7 Å². The first-order chi connectivity index (χ1) is 12.0. The standard InChI is InChI=1S/C18H28N4O3/c1-14(2)21-18(24)20-13-15-3-5-16(6-4-15)17(23)19-7-8-22-9-11-25-12-10-22/h3-6,14H,7-13H2,1-2H3,(H,19,23)(H2,20,21,24). The molecular weight excluding hydrogens is 320 g/mol. The summed E-state index contributed by atoms with van der Waals surface area (Å²) in [7, 11) is 0. The van der Waals surface area contributed by atoms with Crippen LogP contribution in [0.4, 0.5) is 4.79 Å². The van der Waals surface area contributed by atoms with Crippen molar-refractivity contribution in [3.8, 4) is 0 Å². The average Bonchev–Trinajstić information content (AvgIpc) is 2.60. The van der Waals surface area contributed by atoms with E-state index in [0.717, 1.165) is 38.4 Å². The molecule has 1 saturated heterocycles.